The number of rotatable bonds is 7. The second kappa shape index (κ2) is 5.98. The monoisotopic (exact) mass is 283 g/mol. The highest BCUT2D eigenvalue weighted by Gasteiger charge is 2.23. The molecule has 6 heteroatoms. The molecule has 0 amide bonds. The van der Waals surface area contributed by atoms with E-state index in [4.69, 9.17) is 0 Å². The molecule has 0 radical (unpaired) electrons. The van der Waals surface area contributed by atoms with Crippen LogP contribution in [0.5, 0.6) is 0 Å². The van der Waals surface area contributed by atoms with E-state index in [1.54, 1.807) is 7.05 Å². The third-order valence-electron chi connectivity index (χ3n) is 3.18. The molecular weight excluding hydrogens is 262 g/mol. The summed E-state index contributed by atoms with van der Waals surface area (Å²) in [5.74, 6) is 0.145. The Labute approximate surface area is 115 Å². The third-order valence-corrected chi connectivity index (χ3v) is 4.97. The van der Waals surface area contributed by atoms with Crippen molar-refractivity contribution in [2.75, 3.05) is 19.3 Å². The summed E-state index contributed by atoms with van der Waals surface area (Å²) in [5, 5.41) is 3.22. The Hall–Kier alpha value is -0.980. The summed E-state index contributed by atoms with van der Waals surface area (Å²) in [4.78, 5) is 4.32. The van der Waals surface area contributed by atoms with Gasteiger partial charge in [-0.1, -0.05) is 6.07 Å². The van der Waals surface area contributed by atoms with Crippen LogP contribution in [0.4, 0.5) is 0 Å². The van der Waals surface area contributed by atoms with Gasteiger partial charge in [0, 0.05) is 25.3 Å². The van der Waals surface area contributed by atoms with Crippen molar-refractivity contribution in [3.63, 3.8) is 0 Å². The lowest BCUT2D eigenvalue weighted by Gasteiger charge is -2.17. The highest BCUT2D eigenvalue weighted by atomic mass is 32.2. The number of hydrogen-bond acceptors (Lipinski definition) is 4. The molecule has 0 atom stereocenters. The van der Waals surface area contributed by atoms with Crippen molar-refractivity contribution in [3.8, 4) is 0 Å². The molecule has 106 valence electrons. The molecule has 19 heavy (non-hydrogen) atoms. The molecule has 1 heterocycles. The number of sulfonamides is 1. The first-order valence-electron chi connectivity index (χ1n) is 6.57. The Kier molecular flexibility index (Phi) is 4.54. The number of aromatic nitrogens is 1. The van der Waals surface area contributed by atoms with Crippen LogP contribution >= 0.6 is 0 Å². The average Bonchev–Trinajstić information content (AvgIpc) is 3.12. The highest BCUT2D eigenvalue weighted by molar-refractivity contribution is 7.89. The van der Waals surface area contributed by atoms with Crippen LogP contribution in [0.2, 0.25) is 0 Å². The summed E-state index contributed by atoms with van der Waals surface area (Å²) in [6.45, 7) is 2.75. The van der Waals surface area contributed by atoms with Crippen LogP contribution in [-0.4, -0.2) is 43.1 Å². The van der Waals surface area contributed by atoms with Gasteiger partial charge in [0.1, 0.15) is 0 Å². The molecule has 0 saturated heterocycles. The molecule has 1 aliphatic carbocycles. The van der Waals surface area contributed by atoms with Crippen molar-refractivity contribution in [2.24, 2.45) is 0 Å². The van der Waals surface area contributed by atoms with Gasteiger partial charge < -0.3 is 5.32 Å². The van der Waals surface area contributed by atoms with Crippen molar-refractivity contribution in [3.05, 3.63) is 29.6 Å². The number of nitrogens with one attached hydrogen (secondary N) is 1. The largest absolute Gasteiger partial charge is 0.313 e. The topological polar surface area (TPSA) is 62.3 Å². The van der Waals surface area contributed by atoms with Gasteiger partial charge in [0.25, 0.3) is 0 Å². The Morgan fingerprint density at radius 1 is 1.42 bits per heavy atom. The second-order valence-electron chi connectivity index (χ2n) is 5.07. The molecule has 0 aromatic carbocycles. The van der Waals surface area contributed by atoms with E-state index in [9.17, 15) is 8.42 Å². The van der Waals surface area contributed by atoms with Crippen molar-refractivity contribution in [1.82, 2.24) is 14.6 Å². The van der Waals surface area contributed by atoms with Gasteiger partial charge in [-0.3, -0.25) is 4.98 Å². The van der Waals surface area contributed by atoms with E-state index in [-0.39, 0.29) is 5.75 Å². The van der Waals surface area contributed by atoms with Gasteiger partial charge in [0.2, 0.25) is 10.0 Å². The lowest BCUT2D eigenvalue weighted by Crippen LogP contribution is -2.34. The van der Waals surface area contributed by atoms with E-state index in [0.29, 0.717) is 19.1 Å². The zero-order chi connectivity index (χ0) is 13.9. The molecule has 1 aromatic heterocycles. The number of pyridine rings is 1. The van der Waals surface area contributed by atoms with Crippen LogP contribution in [-0.2, 0) is 16.6 Å². The van der Waals surface area contributed by atoms with E-state index < -0.39 is 10.0 Å². The highest BCUT2D eigenvalue weighted by Crippen LogP contribution is 2.18. The normalized spacial score (nSPS) is 15.9. The first kappa shape index (κ1) is 14.4. The molecule has 0 bridgehead atoms. The van der Waals surface area contributed by atoms with Crippen LogP contribution in [0.1, 0.15) is 24.2 Å². The van der Waals surface area contributed by atoms with Crippen LogP contribution in [0.15, 0.2) is 18.2 Å². The molecule has 5 nitrogen and oxygen atoms in total. The predicted molar refractivity (Wildman–Crippen MR) is 75.3 cm³/mol. The molecular formula is C13H21N3O2S. The third kappa shape index (κ3) is 4.56. The summed E-state index contributed by atoms with van der Waals surface area (Å²) in [6, 6.07) is 6.19. The fourth-order valence-corrected chi connectivity index (χ4v) is 2.87. The van der Waals surface area contributed by atoms with Gasteiger partial charge in [0.15, 0.2) is 0 Å². The van der Waals surface area contributed by atoms with Gasteiger partial charge in [-0.2, -0.15) is 4.31 Å². The predicted octanol–water partition coefficient (Wildman–Crippen LogP) is 0.904. The Morgan fingerprint density at radius 3 is 2.79 bits per heavy atom. The fourth-order valence-electron chi connectivity index (χ4n) is 1.85. The van der Waals surface area contributed by atoms with Crippen molar-refractivity contribution < 1.29 is 8.42 Å². The van der Waals surface area contributed by atoms with Gasteiger partial charge in [-0.25, -0.2) is 8.42 Å². The Bertz CT molecular complexity index is 526. The first-order valence-corrected chi connectivity index (χ1v) is 8.18. The number of hydrogen-bond donors (Lipinski definition) is 1. The van der Waals surface area contributed by atoms with Crippen LogP contribution in [0.3, 0.4) is 0 Å². The lowest BCUT2D eigenvalue weighted by molar-refractivity contribution is 0.460. The van der Waals surface area contributed by atoms with E-state index in [0.717, 1.165) is 11.4 Å². The van der Waals surface area contributed by atoms with Crippen molar-refractivity contribution in [1.29, 1.82) is 0 Å². The van der Waals surface area contributed by atoms with Crippen LogP contribution in [0.25, 0.3) is 0 Å². The van der Waals surface area contributed by atoms with Gasteiger partial charge >= 0.3 is 0 Å². The van der Waals surface area contributed by atoms with Crippen molar-refractivity contribution >= 4 is 10.0 Å². The zero-order valence-electron chi connectivity index (χ0n) is 11.5. The minimum Gasteiger partial charge on any atom is -0.313 e. The summed E-state index contributed by atoms with van der Waals surface area (Å²) >= 11 is 0. The van der Waals surface area contributed by atoms with Gasteiger partial charge in [0.05, 0.1) is 18.0 Å². The fraction of sp³-hybridized carbons (Fsp3) is 0.615. The number of nitrogens with zero attached hydrogens (tertiary/aromatic N) is 2. The van der Waals surface area contributed by atoms with E-state index in [1.165, 1.54) is 17.1 Å². The number of aryl methyl sites for hydroxylation is 1. The maximum absolute atomic E-state index is 12.1. The lowest BCUT2D eigenvalue weighted by atomic mass is 10.3. The molecule has 2 rings (SSSR count). The Balaban J connectivity index is 1.87. The molecule has 0 spiro atoms. The van der Waals surface area contributed by atoms with E-state index >= 15 is 0 Å². The average molecular weight is 283 g/mol. The van der Waals surface area contributed by atoms with Crippen LogP contribution < -0.4 is 5.32 Å². The molecule has 1 saturated carbocycles. The minimum absolute atomic E-state index is 0.145. The molecule has 0 unspecified atom stereocenters. The van der Waals surface area contributed by atoms with Gasteiger partial charge in [-0.15, -0.1) is 0 Å². The summed E-state index contributed by atoms with van der Waals surface area (Å²) in [5.41, 5.74) is 1.68. The maximum atomic E-state index is 12.1. The van der Waals surface area contributed by atoms with E-state index in [1.807, 2.05) is 25.1 Å². The molecule has 1 N–H and O–H groups in total. The quantitative estimate of drug-likeness (QED) is 0.808. The minimum atomic E-state index is -3.21. The van der Waals surface area contributed by atoms with Crippen LogP contribution in [0, 0.1) is 6.92 Å². The van der Waals surface area contributed by atoms with Gasteiger partial charge in [-0.05, 0) is 31.9 Å². The maximum Gasteiger partial charge on any atom is 0.215 e. The second-order valence-corrected chi connectivity index (χ2v) is 7.27. The van der Waals surface area contributed by atoms with Crippen molar-refractivity contribution in [2.45, 2.75) is 32.4 Å². The summed E-state index contributed by atoms with van der Waals surface area (Å²) in [6.07, 6.45) is 2.34. The molecule has 1 aromatic rings. The molecule has 1 fully saturated rings. The SMILES string of the molecule is Cc1cccc(CN(C)S(=O)(=O)CCNC2CC2)n1. The Morgan fingerprint density at radius 2 is 2.16 bits per heavy atom. The van der Waals surface area contributed by atoms with E-state index in [2.05, 4.69) is 10.3 Å². The smallest absolute Gasteiger partial charge is 0.215 e. The summed E-state index contributed by atoms with van der Waals surface area (Å²) in [7, 11) is -1.60. The standard InChI is InChI=1S/C13H21N3O2S/c1-11-4-3-5-13(15-11)10-16(2)19(17,18)9-8-14-12-6-7-12/h3-5,12,14H,6-10H2,1-2H3. The zero-order valence-corrected chi connectivity index (χ0v) is 12.3. The molecule has 0 aliphatic heterocycles. The summed E-state index contributed by atoms with van der Waals surface area (Å²) < 4.78 is 25.5. The first-order chi connectivity index (χ1) is 8.97. The molecule has 1 aliphatic rings.